The number of hydrogen-bond donors (Lipinski definition) is 1. The quantitative estimate of drug-likeness (QED) is 0.837. The maximum atomic E-state index is 13.4. The molecule has 1 unspecified atom stereocenters. The Labute approximate surface area is 110 Å². The summed E-state index contributed by atoms with van der Waals surface area (Å²) in [5.41, 5.74) is 1.70. The molecule has 3 heteroatoms. The predicted molar refractivity (Wildman–Crippen MR) is 75.2 cm³/mol. The summed E-state index contributed by atoms with van der Waals surface area (Å²) >= 11 is 0. The Morgan fingerprint density at radius 1 is 1.28 bits per heavy atom. The second-order valence-corrected chi connectivity index (χ2v) is 5.49. The van der Waals surface area contributed by atoms with Gasteiger partial charge in [-0.3, -0.25) is 0 Å². The molecule has 0 aliphatic rings. The molecule has 1 rings (SSSR count). The van der Waals surface area contributed by atoms with Crippen molar-refractivity contribution < 1.29 is 4.39 Å². The minimum Gasteiger partial charge on any atom is -0.311 e. The highest BCUT2D eigenvalue weighted by Crippen LogP contribution is 2.10. The lowest BCUT2D eigenvalue weighted by atomic mass is 10.0. The number of nitrogens with zero attached hydrogens (tertiary/aromatic N) is 1. The first-order chi connectivity index (χ1) is 8.41. The highest BCUT2D eigenvalue weighted by atomic mass is 19.1. The molecule has 1 aromatic rings. The largest absolute Gasteiger partial charge is 0.311 e. The van der Waals surface area contributed by atoms with E-state index in [1.54, 1.807) is 13.0 Å². The number of aryl methyl sites for hydroxylation is 1. The molecule has 0 radical (unpaired) electrons. The average Bonchev–Trinajstić information content (AvgIpc) is 2.28. The van der Waals surface area contributed by atoms with Gasteiger partial charge in [0.15, 0.2) is 0 Å². The molecule has 0 spiro atoms. The first-order valence-electron chi connectivity index (χ1n) is 6.54. The second-order valence-electron chi connectivity index (χ2n) is 5.49. The maximum absolute atomic E-state index is 13.4. The molecule has 1 aromatic carbocycles. The SMILES string of the molecule is Cc1ccc(CNCC(C(C)C)N(C)C)cc1F. The zero-order valence-electron chi connectivity index (χ0n) is 12.1. The van der Waals surface area contributed by atoms with Crippen LogP contribution in [0.2, 0.25) is 0 Å². The van der Waals surface area contributed by atoms with Gasteiger partial charge in [0, 0.05) is 19.1 Å². The summed E-state index contributed by atoms with van der Waals surface area (Å²) in [6.45, 7) is 7.86. The molecule has 18 heavy (non-hydrogen) atoms. The Kier molecular flexibility index (Phi) is 5.76. The molecule has 0 amide bonds. The van der Waals surface area contributed by atoms with E-state index in [0.717, 1.165) is 12.1 Å². The molecule has 1 atom stereocenters. The summed E-state index contributed by atoms with van der Waals surface area (Å²) in [5.74, 6) is 0.476. The molecular formula is C15H25FN2. The fourth-order valence-electron chi connectivity index (χ4n) is 2.13. The van der Waals surface area contributed by atoms with Gasteiger partial charge in [-0.15, -0.1) is 0 Å². The first kappa shape index (κ1) is 15.1. The van der Waals surface area contributed by atoms with Crippen LogP contribution >= 0.6 is 0 Å². The van der Waals surface area contributed by atoms with Crippen molar-refractivity contribution in [3.63, 3.8) is 0 Å². The highest BCUT2D eigenvalue weighted by Gasteiger charge is 2.14. The molecule has 0 heterocycles. The van der Waals surface area contributed by atoms with Gasteiger partial charge in [-0.05, 0) is 44.1 Å². The number of hydrogen-bond acceptors (Lipinski definition) is 2. The Morgan fingerprint density at radius 3 is 2.44 bits per heavy atom. The second kappa shape index (κ2) is 6.86. The van der Waals surface area contributed by atoms with E-state index in [9.17, 15) is 4.39 Å². The predicted octanol–water partition coefficient (Wildman–Crippen LogP) is 2.81. The van der Waals surface area contributed by atoms with Gasteiger partial charge < -0.3 is 10.2 Å². The fraction of sp³-hybridized carbons (Fsp3) is 0.600. The van der Waals surface area contributed by atoms with Crippen LogP contribution < -0.4 is 5.32 Å². The Bertz CT molecular complexity index is 367. The van der Waals surface area contributed by atoms with Gasteiger partial charge in [-0.1, -0.05) is 26.0 Å². The van der Waals surface area contributed by atoms with Crippen molar-refractivity contribution in [2.24, 2.45) is 5.92 Å². The van der Waals surface area contributed by atoms with Crippen LogP contribution in [0.15, 0.2) is 18.2 Å². The van der Waals surface area contributed by atoms with E-state index in [2.05, 4.69) is 38.2 Å². The van der Waals surface area contributed by atoms with Crippen molar-refractivity contribution in [2.75, 3.05) is 20.6 Å². The zero-order valence-corrected chi connectivity index (χ0v) is 12.1. The number of benzene rings is 1. The fourth-order valence-corrected chi connectivity index (χ4v) is 2.13. The molecule has 0 fully saturated rings. The van der Waals surface area contributed by atoms with E-state index in [-0.39, 0.29) is 5.82 Å². The third kappa shape index (κ3) is 4.39. The van der Waals surface area contributed by atoms with Crippen LogP contribution in [0.5, 0.6) is 0 Å². The van der Waals surface area contributed by atoms with Crippen molar-refractivity contribution in [3.05, 3.63) is 35.1 Å². The van der Waals surface area contributed by atoms with Crippen LogP contribution in [-0.4, -0.2) is 31.6 Å². The van der Waals surface area contributed by atoms with Crippen LogP contribution in [0.1, 0.15) is 25.0 Å². The van der Waals surface area contributed by atoms with E-state index in [4.69, 9.17) is 0 Å². The smallest absolute Gasteiger partial charge is 0.126 e. The third-order valence-corrected chi connectivity index (χ3v) is 3.35. The van der Waals surface area contributed by atoms with E-state index < -0.39 is 0 Å². The molecule has 0 bridgehead atoms. The molecule has 0 saturated heterocycles. The van der Waals surface area contributed by atoms with Gasteiger partial charge in [0.05, 0.1) is 0 Å². The van der Waals surface area contributed by atoms with Gasteiger partial charge in [-0.2, -0.15) is 0 Å². The number of likely N-dealkylation sites (N-methyl/N-ethyl adjacent to an activating group) is 1. The summed E-state index contributed by atoms with van der Waals surface area (Å²) in [6.07, 6.45) is 0. The monoisotopic (exact) mass is 252 g/mol. The van der Waals surface area contributed by atoms with Crippen molar-refractivity contribution >= 4 is 0 Å². The number of nitrogens with one attached hydrogen (secondary N) is 1. The van der Waals surface area contributed by atoms with Crippen LogP contribution in [-0.2, 0) is 6.54 Å². The minimum absolute atomic E-state index is 0.123. The molecular weight excluding hydrogens is 227 g/mol. The number of rotatable bonds is 6. The molecule has 0 saturated carbocycles. The van der Waals surface area contributed by atoms with Gasteiger partial charge in [-0.25, -0.2) is 4.39 Å². The summed E-state index contributed by atoms with van der Waals surface area (Å²) in [5, 5.41) is 3.40. The highest BCUT2D eigenvalue weighted by molar-refractivity contribution is 5.23. The van der Waals surface area contributed by atoms with Crippen molar-refractivity contribution in [1.82, 2.24) is 10.2 Å². The lowest BCUT2D eigenvalue weighted by molar-refractivity contribution is 0.224. The molecule has 102 valence electrons. The zero-order chi connectivity index (χ0) is 13.7. The van der Waals surface area contributed by atoms with Crippen LogP contribution in [0, 0.1) is 18.7 Å². The third-order valence-electron chi connectivity index (χ3n) is 3.35. The minimum atomic E-state index is -0.123. The molecule has 1 N–H and O–H groups in total. The standard InChI is InChI=1S/C15H25FN2/c1-11(2)15(18(4)5)10-17-9-13-7-6-12(3)14(16)8-13/h6-8,11,15,17H,9-10H2,1-5H3. The number of halogens is 1. The van der Waals surface area contributed by atoms with Gasteiger partial charge in [0.1, 0.15) is 5.82 Å². The van der Waals surface area contributed by atoms with Crippen LogP contribution in [0.3, 0.4) is 0 Å². The van der Waals surface area contributed by atoms with Crippen LogP contribution in [0.4, 0.5) is 4.39 Å². The Morgan fingerprint density at radius 2 is 1.94 bits per heavy atom. The maximum Gasteiger partial charge on any atom is 0.126 e. The molecule has 0 aromatic heterocycles. The van der Waals surface area contributed by atoms with E-state index in [1.807, 2.05) is 12.1 Å². The van der Waals surface area contributed by atoms with Crippen LogP contribution in [0.25, 0.3) is 0 Å². The molecule has 0 aliphatic heterocycles. The normalized spacial score (nSPS) is 13.3. The summed E-state index contributed by atoms with van der Waals surface area (Å²) < 4.78 is 13.4. The molecule has 2 nitrogen and oxygen atoms in total. The van der Waals surface area contributed by atoms with Gasteiger partial charge >= 0.3 is 0 Å². The van der Waals surface area contributed by atoms with E-state index >= 15 is 0 Å². The van der Waals surface area contributed by atoms with Crippen molar-refractivity contribution in [1.29, 1.82) is 0 Å². The summed E-state index contributed by atoms with van der Waals surface area (Å²) in [6, 6.07) is 5.92. The van der Waals surface area contributed by atoms with Crippen molar-refractivity contribution in [3.8, 4) is 0 Å². The van der Waals surface area contributed by atoms with E-state index in [1.165, 1.54) is 0 Å². The average molecular weight is 252 g/mol. The van der Waals surface area contributed by atoms with Crippen molar-refractivity contribution in [2.45, 2.75) is 33.4 Å². The summed E-state index contributed by atoms with van der Waals surface area (Å²) in [4.78, 5) is 2.23. The lowest BCUT2D eigenvalue weighted by Crippen LogP contribution is -2.41. The Balaban J connectivity index is 2.47. The van der Waals surface area contributed by atoms with Gasteiger partial charge in [0.25, 0.3) is 0 Å². The Hall–Kier alpha value is -0.930. The summed E-state index contributed by atoms with van der Waals surface area (Å²) in [7, 11) is 4.19. The molecule has 0 aliphatic carbocycles. The first-order valence-corrected chi connectivity index (χ1v) is 6.54. The topological polar surface area (TPSA) is 15.3 Å². The van der Waals surface area contributed by atoms with Gasteiger partial charge in [0.2, 0.25) is 0 Å². The lowest BCUT2D eigenvalue weighted by Gasteiger charge is -2.28. The van der Waals surface area contributed by atoms with E-state index in [0.29, 0.717) is 24.1 Å².